The Hall–Kier alpha value is -2.68. The zero-order valence-electron chi connectivity index (χ0n) is 10.2. The Morgan fingerprint density at radius 3 is 2.53 bits per heavy atom. The minimum Gasteiger partial charge on any atom is -0.396 e. The predicted molar refractivity (Wildman–Crippen MR) is 76.0 cm³/mol. The summed E-state index contributed by atoms with van der Waals surface area (Å²) in [6.45, 7) is 0. The molecule has 2 aromatic carbocycles. The van der Waals surface area contributed by atoms with Gasteiger partial charge in [0.25, 0.3) is 0 Å². The van der Waals surface area contributed by atoms with E-state index >= 15 is 0 Å². The summed E-state index contributed by atoms with van der Waals surface area (Å²) in [4.78, 5) is 16.6. The zero-order chi connectivity index (χ0) is 13.2. The molecule has 0 saturated carbocycles. The van der Waals surface area contributed by atoms with Gasteiger partial charge < -0.3 is 5.73 Å². The highest BCUT2D eigenvalue weighted by Gasteiger charge is 2.14. The number of carbonyl (C=O) groups excluding carboxylic acids is 1. The zero-order valence-corrected chi connectivity index (χ0v) is 10.2. The molecule has 0 spiro atoms. The second-order valence-electron chi connectivity index (χ2n) is 4.30. The first-order valence-corrected chi connectivity index (χ1v) is 6.00. The molecule has 92 valence electrons. The number of hydrogen-bond donors (Lipinski definition) is 1. The molecule has 0 bridgehead atoms. The number of rotatable bonds is 2. The van der Waals surface area contributed by atoms with E-state index in [2.05, 4.69) is 4.98 Å². The summed E-state index contributed by atoms with van der Waals surface area (Å²) in [7, 11) is 0. The molecule has 0 amide bonds. The number of aromatic nitrogens is 1. The lowest BCUT2D eigenvalue weighted by molar-refractivity contribution is 0.103. The maximum absolute atomic E-state index is 12.4. The number of nitrogens with zero attached hydrogens (tertiary/aromatic N) is 1. The second-order valence-corrected chi connectivity index (χ2v) is 4.30. The number of carbonyl (C=O) groups is 1. The number of fused-ring (bicyclic) bond motifs is 1. The van der Waals surface area contributed by atoms with Crippen LogP contribution in [-0.2, 0) is 0 Å². The van der Waals surface area contributed by atoms with Gasteiger partial charge in [-0.15, -0.1) is 0 Å². The van der Waals surface area contributed by atoms with Crippen molar-refractivity contribution in [2.45, 2.75) is 0 Å². The first kappa shape index (κ1) is 11.4. The Bertz CT molecular complexity index is 751. The van der Waals surface area contributed by atoms with Crippen LogP contribution in [0, 0.1) is 0 Å². The second kappa shape index (κ2) is 4.53. The molecule has 3 heteroatoms. The van der Waals surface area contributed by atoms with E-state index < -0.39 is 0 Å². The molecule has 1 aromatic heterocycles. The summed E-state index contributed by atoms with van der Waals surface area (Å²) in [5, 5.41) is 0.935. The molecule has 1 heterocycles. The third kappa shape index (κ3) is 1.95. The molecular formula is C16H12N2O. The molecule has 3 nitrogen and oxygen atoms in total. The van der Waals surface area contributed by atoms with Crippen LogP contribution in [0.4, 0.5) is 5.69 Å². The fourth-order valence-corrected chi connectivity index (χ4v) is 2.11. The molecule has 0 aliphatic heterocycles. The molecule has 3 rings (SSSR count). The highest BCUT2D eigenvalue weighted by Crippen LogP contribution is 2.24. The SMILES string of the molecule is Nc1c(C(=O)c2ccccc2)ccc2cccnc12. The van der Waals surface area contributed by atoms with Gasteiger partial charge in [0.15, 0.2) is 5.78 Å². The average molecular weight is 248 g/mol. The summed E-state index contributed by atoms with van der Waals surface area (Å²) < 4.78 is 0. The number of nitrogens with two attached hydrogens (primary N) is 1. The van der Waals surface area contributed by atoms with Gasteiger partial charge in [-0.2, -0.15) is 0 Å². The molecule has 19 heavy (non-hydrogen) atoms. The van der Waals surface area contributed by atoms with Crippen LogP contribution in [0.5, 0.6) is 0 Å². The molecule has 0 unspecified atom stereocenters. The quantitative estimate of drug-likeness (QED) is 0.560. The van der Waals surface area contributed by atoms with E-state index in [9.17, 15) is 4.79 Å². The first-order chi connectivity index (χ1) is 9.27. The average Bonchev–Trinajstić information content (AvgIpc) is 2.48. The molecule has 0 aliphatic rings. The molecule has 0 aliphatic carbocycles. The van der Waals surface area contributed by atoms with Crippen molar-refractivity contribution in [2.75, 3.05) is 5.73 Å². The van der Waals surface area contributed by atoms with Crippen LogP contribution in [0.2, 0.25) is 0 Å². The predicted octanol–water partition coefficient (Wildman–Crippen LogP) is 3.05. The molecule has 0 atom stereocenters. The molecule has 0 saturated heterocycles. The Labute approximate surface area is 110 Å². The van der Waals surface area contributed by atoms with Crippen molar-refractivity contribution in [1.29, 1.82) is 0 Å². The molecule has 0 radical (unpaired) electrons. The summed E-state index contributed by atoms with van der Waals surface area (Å²) in [5.74, 6) is -0.0781. The minimum atomic E-state index is -0.0781. The monoisotopic (exact) mass is 248 g/mol. The van der Waals surface area contributed by atoms with Gasteiger partial charge in [-0.25, -0.2) is 0 Å². The van der Waals surface area contributed by atoms with E-state index in [1.807, 2.05) is 36.4 Å². The van der Waals surface area contributed by atoms with E-state index in [0.29, 0.717) is 22.3 Å². The van der Waals surface area contributed by atoms with Crippen molar-refractivity contribution < 1.29 is 4.79 Å². The van der Waals surface area contributed by atoms with Gasteiger partial charge in [-0.3, -0.25) is 9.78 Å². The number of anilines is 1. The van der Waals surface area contributed by atoms with Gasteiger partial charge >= 0.3 is 0 Å². The lowest BCUT2D eigenvalue weighted by Gasteiger charge is -2.07. The van der Waals surface area contributed by atoms with Crippen molar-refractivity contribution in [3.63, 3.8) is 0 Å². The smallest absolute Gasteiger partial charge is 0.195 e. The number of nitrogen functional groups attached to an aromatic ring is 1. The highest BCUT2D eigenvalue weighted by atomic mass is 16.1. The Balaban J connectivity index is 2.16. The fraction of sp³-hybridized carbons (Fsp3) is 0. The Kier molecular flexibility index (Phi) is 2.72. The van der Waals surface area contributed by atoms with Gasteiger partial charge in [0.2, 0.25) is 0 Å². The fourth-order valence-electron chi connectivity index (χ4n) is 2.11. The number of pyridine rings is 1. The van der Waals surface area contributed by atoms with E-state index in [1.54, 1.807) is 24.4 Å². The third-order valence-corrected chi connectivity index (χ3v) is 3.09. The standard InChI is InChI=1S/C16H12N2O/c17-14-13(16(19)12-5-2-1-3-6-12)9-8-11-7-4-10-18-15(11)14/h1-10H,17H2. The van der Waals surface area contributed by atoms with Gasteiger partial charge in [-0.1, -0.05) is 42.5 Å². The number of hydrogen-bond acceptors (Lipinski definition) is 3. The summed E-state index contributed by atoms with van der Waals surface area (Å²) in [6.07, 6.45) is 1.68. The van der Waals surface area contributed by atoms with Gasteiger partial charge in [0.05, 0.1) is 11.2 Å². The van der Waals surface area contributed by atoms with Gasteiger partial charge in [0, 0.05) is 22.7 Å². The van der Waals surface area contributed by atoms with Crippen molar-refractivity contribution in [3.05, 3.63) is 71.9 Å². The Morgan fingerprint density at radius 2 is 1.74 bits per heavy atom. The van der Waals surface area contributed by atoms with E-state index in [1.165, 1.54) is 0 Å². The van der Waals surface area contributed by atoms with Crippen LogP contribution in [0.3, 0.4) is 0 Å². The molecule has 3 aromatic rings. The van der Waals surface area contributed by atoms with E-state index in [0.717, 1.165) is 5.39 Å². The van der Waals surface area contributed by atoms with Gasteiger partial charge in [-0.05, 0) is 12.1 Å². The normalized spacial score (nSPS) is 10.5. The van der Waals surface area contributed by atoms with Crippen LogP contribution >= 0.6 is 0 Å². The van der Waals surface area contributed by atoms with Crippen LogP contribution in [0.1, 0.15) is 15.9 Å². The van der Waals surface area contributed by atoms with Crippen molar-refractivity contribution in [3.8, 4) is 0 Å². The first-order valence-electron chi connectivity index (χ1n) is 6.00. The molecule has 0 fully saturated rings. The van der Waals surface area contributed by atoms with Crippen LogP contribution < -0.4 is 5.73 Å². The maximum atomic E-state index is 12.4. The van der Waals surface area contributed by atoms with Crippen LogP contribution in [0.15, 0.2) is 60.8 Å². The maximum Gasteiger partial charge on any atom is 0.195 e. The van der Waals surface area contributed by atoms with Crippen molar-refractivity contribution >= 4 is 22.4 Å². The topological polar surface area (TPSA) is 56.0 Å². The van der Waals surface area contributed by atoms with Crippen molar-refractivity contribution in [1.82, 2.24) is 4.98 Å². The lowest BCUT2D eigenvalue weighted by Crippen LogP contribution is -2.06. The Morgan fingerprint density at radius 1 is 0.947 bits per heavy atom. The van der Waals surface area contributed by atoms with Crippen LogP contribution in [-0.4, -0.2) is 10.8 Å². The van der Waals surface area contributed by atoms with E-state index in [4.69, 9.17) is 5.73 Å². The van der Waals surface area contributed by atoms with Crippen molar-refractivity contribution in [2.24, 2.45) is 0 Å². The van der Waals surface area contributed by atoms with Crippen LogP contribution in [0.25, 0.3) is 10.9 Å². The largest absolute Gasteiger partial charge is 0.396 e. The lowest BCUT2D eigenvalue weighted by atomic mass is 10.00. The number of ketones is 1. The van der Waals surface area contributed by atoms with E-state index in [-0.39, 0.29) is 5.78 Å². The molecule has 2 N–H and O–H groups in total. The third-order valence-electron chi connectivity index (χ3n) is 3.09. The minimum absolute atomic E-state index is 0.0781. The molecular weight excluding hydrogens is 236 g/mol. The summed E-state index contributed by atoms with van der Waals surface area (Å²) in [5.41, 5.74) is 8.31. The highest BCUT2D eigenvalue weighted by molar-refractivity contribution is 6.15. The summed E-state index contributed by atoms with van der Waals surface area (Å²) in [6, 6.07) is 16.5. The van der Waals surface area contributed by atoms with Gasteiger partial charge in [0.1, 0.15) is 0 Å². The summed E-state index contributed by atoms with van der Waals surface area (Å²) >= 11 is 0. The number of benzene rings is 2.